The lowest BCUT2D eigenvalue weighted by atomic mass is 10.1. The van der Waals surface area contributed by atoms with E-state index in [0.29, 0.717) is 12.1 Å². The van der Waals surface area contributed by atoms with Gasteiger partial charge in [-0.15, -0.1) is 0 Å². The highest BCUT2D eigenvalue weighted by Crippen LogP contribution is 2.14. The number of rotatable bonds is 3. The van der Waals surface area contributed by atoms with Crippen molar-refractivity contribution in [3.05, 3.63) is 41.7 Å². The Morgan fingerprint density at radius 2 is 2.25 bits per heavy atom. The number of hydrogen-bond donors (Lipinski definition) is 1. The lowest BCUT2D eigenvalue weighted by molar-refractivity contribution is 0.169. The molecule has 5 nitrogen and oxygen atoms in total. The topological polar surface area (TPSA) is 63.8 Å². The van der Waals surface area contributed by atoms with Crippen molar-refractivity contribution < 1.29 is 5.11 Å². The minimum Gasteiger partial charge on any atom is -0.386 e. The number of aromatic nitrogens is 4. The third-order valence-corrected chi connectivity index (χ3v) is 2.43. The Morgan fingerprint density at radius 3 is 2.88 bits per heavy atom. The van der Waals surface area contributed by atoms with Crippen LogP contribution in [0.25, 0.3) is 0 Å². The van der Waals surface area contributed by atoms with Crippen molar-refractivity contribution in [1.82, 2.24) is 19.7 Å². The molecule has 84 valence electrons. The molecule has 2 rings (SSSR count). The van der Waals surface area contributed by atoms with Crippen LogP contribution in [0.15, 0.2) is 24.5 Å². The van der Waals surface area contributed by atoms with Gasteiger partial charge in [-0.1, -0.05) is 6.07 Å². The van der Waals surface area contributed by atoms with Gasteiger partial charge in [-0.25, -0.2) is 4.98 Å². The quantitative estimate of drug-likeness (QED) is 0.827. The maximum Gasteiger partial charge on any atom is 0.138 e. The van der Waals surface area contributed by atoms with Crippen LogP contribution in [-0.4, -0.2) is 24.9 Å². The van der Waals surface area contributed by atoms with Gasteiger partial charge in [0.2, 0.25) is 0 Å². The Kier molecular flexibility index (Phi) is 2.96. The molecule has 5 heteroatoms. The molecule has 0 amide bonds. The summed E-state index contributed by atoms with van der Waals surface area (Å²) in [6, 6.07) is 5.60. The highest BCUT2D eigenvalue weighted by atomic mass is 16.3. The zero-order chi connectivity index (χ0) is 11.5. The van der Waals surface area contributed by atoms with Gasteiger partial charge in [0.05, 0.1) is 5.69 Å². The summed E-state index contributed by atoms with van der Waals surface area (Å²) in [6.07, 6.45) is 1.27. The summed E-state index contributed by atoms with van der Waals surface area (Å²) in [5.41, 5.74) is 1.57. The molecule has 1 unspecified atom stereocenters. The van der Waals surface area contributed by atoms with E-state index in [2.05, 4.69) is 15.1 Å². The first-order chi connectivity index (χ1) is 7.66. The summed E-state index contributed by atoms with van der Waals surface area (Å²) in [6.45, 7) is 1.90. The van der Waals surface area contributed by atoms with Gasteiger partial charge in [0, 0.05) is 19.2 Å². The van der Waals surface area contributed by atoms with Crippen molar-refractivity contribution in [2.75, 3.05) is 0 Å². The molecule has 0 aliphatic carbocycles. The van der Waals surface area contributed by atoms with Crippen molar-refractivity contribution in [3.8, 4) is 0 Å². The fourth-order valence-electron chi connectivity index (χ4n) is 1.53. The van der Waals surface area contributed by atoms with E-state index in [9.17, 15) is 5.11 Å². The summed E-state index contributed by atoms with van der Waals surface area (Å²) >= 11 is 0. The Hall–Kier alpha value is -1.75. The molecule has 0 aromatic carbocycles. The van der Waals surface area contributed by atoms with Gasteiger partial charge in [-0.05, 0) is 19.1 Å². The standard InChI is InChI=1S/C11H14N4O/c1-8-4-3-5-9(14-8)10(16)6-11-12-7-13-15(11)2/h3-5,7,10,16H,6H2,1-2H3. The molecular weight excluding hydrogens is 204 g/mol. The predicted molar refractivity (Wildman–Crippen MR) is 58.6 cm³/mol. The highest BCUT2D eigenvalue weighted by molar-refractivity contribution is 5.13. The molecule has 0 aliphatic rings. The van der Waals surface area contributed by atoms with Crippen LogP contribution in [-0.2, 0) is 13.5 Å². The predicted octanol–water partition coefficient (Wildman–Crippen LogP) is 0.795. The van der Waals surface area contributed by atoms with Crippen molar-refractivity contribution in [1.29, 1.82) is 0 Å². The van der Waals surface area contributed by atoms with Crippen LogP contribution in [0.5, 0.6) is 0 Å². The van der Waals surface area contributed by atoms with Crippen molar-refractivity contribution in [2.24, 2.45) is 7.05 Å². The van der Waals surface area contributed by atoms with E-state index >= 15 is 0 Å². The second kappa shape index (κ2) is 4.40. The van der Waals surface area contributed by atoms with Crippen molar-refractivity contribution in [3.63, 3.8) is 0 Å². The summed E-state index contributed by atoms with van der Waals surface area (Å²) in [5, 5.41) is 14.0. The van der Waals surface area contributed by atoms with E-state index < -0.39 is 6.10 Å². The first-order valence-corrected chi connectivity index (χ1v) is 5.11. The number of aliphatic hydroxyl groups is 1. The Morgan fingerprint density at radius 1 is 1.44 bits per heavy atom. The normalized spacial score (nSPS) is 12.7. The molecule has 0 saturated carbocycles. The maximum atomic E-state index is 10.00. The van der Waals surface area contributed by atoms with E-state index in [1.807, 2.05) is 25.1 Å². The lowest BCUT2D eigenvalue weighted by Gasteiger charge is -2.09. The van der Waals surface area contributed by atoms with E-state index in [0.717, 1.165) is 11.5 Å². The van der Waals surface area contributed by atoms with Crippen LogP contribution in [0.1, 0.15) is 23.3 Å². The minimum atomic E-state index is -0.636. The first-order valence-electron chi connectivity index (χ1n) is 5.11. The average molecular weight is 218 g/mol. The van der Waals surface area contributed by atoms with Gasteiger partial charge < -0.3 is 5.11 Å². The molecule has 2 heterocycles. The Balaban J connectivity index is 2.14. The third-order valence-electron chi connectivity index (χ3n) is 2.43. The van der Waals surface area contributed by atoms with Crippen LogP contribution in [0.4, 0.5) is 0 Å². The second-order valence-electron chi connectivity index (χ2n) is 3.72. The summed E-state index contributed by atoms with van der Waals surface area (Å²) < 4.78 is 1.65. The Labute approximate surface area is 93.8 Å². The molecule has 16 heavy (non-hydrogen) atoms. The number of aliphatic hydroxyl groups excluding tert-OH is 1. The zero-order valence-corrected chi connectivity index (χ0v) is 9.33. The molecule has 0 radical (unpaired) electrons. The second-order valence-corrected chi connectivity index (χ2v) is 3.72. The summed E-state index contributed by atoms with van der Waals surface area (Å²) in [5.74, 6) is 0.746. The third kappa shape index (κ3) is 2.25. The molecule has 0 aliphatic heterocycles. The Bertz CT molecular complexity index is 480. The van der Waals surface area contributed by atoms with Gasteiger partial charge in [0.1, 0.15) is 18.3 Å². The lowest BCUT2D eigenvalue weighted by Crippen LogP contribution is -2.09. The van der Waals surface area contributed by atoms with Crippen molar-refractivity contribution >= 4 is 0 Å². The fraction of sp³-hybridized carbons (Fsp3) is 0.364. The molecular formula is C11H14N4O. The highest BCUT2D eigenvalue weighted by Gasteiger charge is 2.13. The number of aryl methyl sites for hydroxylation is 2. The van der Waals surface area contributed by atoms with Crippen LogP contribution < -0.4 is 0 Å². The van der Waals surface area contributed by atoms with Gasteiger partial charge in [-0.3, -0.25) is 9.67 Å². The average Bonchev–Trinajstić information content (AvgIpc) is 2.64. The first kappa shape index (κ1) is 10.8. The van der Waals surface area contributed by atoms with Crippen molar-refractivity contribution in [2.45, 2.75) is 19.4 Å². The van der Waals surface area contributed by atoms with Gasteiger partial charge in [0.25, 0.3) is 0 Å². The van der Waals surface area contributed by atoms with Gasteiger partial charge >= 0.3 is 0 Å². The number of pyridine rings is 1. The number of nitrogens with zero attached hydrogens (tertiary/aromatic N) is 4. The zero-order valence-electron chi connectivity index (χ0n) is 9.33. The minimum absolute atomic E-state index is 0.424. The molecule has 0 spiro atoms. The molecule has 2 aromatic heterocycles. The molecule has 0 fully saturated rings. The SMILES string of the molecule is Cc1cccc(C(O)Cc2ncnn2C)n1. The van der Waals surface area contributed by atoms with Gasteiger partial charge in [0.15, 0.2) is 0 Å². The molecule has 0 saturated heterocycles. The molecule has 0 bridgehead atoms. The van der Waals surface area contributed by atoms with E-state index in [1.54, 1.807) is 11.7 Å². The summed E-state index contributed by atoms with van der Waals surface area (Å²) in [7, 11) is 1.80. The molecule has 1 N–H and O–H groups in total. The van der Waals surface area contributed by atoms with Crippen LogP contribution >= 0.6 is 0 Å². The smallest absolute Gasteiger partial charge is 0.138 e. The fourth-order valence-corrected chi connectivity index (χ4v) is 1.53. The number of hydrogen-bond acceptors (Lipinski definition) is 4. The van der Waals surface area contributed by atoms with Crippen LogP contribution in [0.2, 0.25) is 0 Å². The van der Waals surface area contributed by atoms with E-state index in [4.69, 9.17) is 0 Å². The van der Waals surface area contributed by atoms with E-state index in [-0.39, 0.29) is 0 Å². The molecule has 2 aromatic rings. The van der Waals surface area contributed by atoms with Gasteiger partial charge in [-0.2, -0.15) is 5.10 Å². The maximum absolute atomic E-state index is 10.00. The summed E-state index contributed by atoms with van der Waals surface area (Å²) in [4.78, 5) is 8.34. The van der Waals surface area contributed by atoms with E-state index in [1.165, 1.54) is 6.33 Å². The van der Waals surface area contributed by atoms with Crippen LogP contribution in [0, 0.1) is 6.92 Å². The monoisotopic (exact) mass is 218 g/mol. The van der Waals surface area contributed by atoms with Crippen LogP contribution in [0.3, 0.4) is 0 Å². The molecule has 1 atom stereocenters. The largest absolute Gasteiger partial charge is 0.386 e.